The van der Waals surface area contributed by atoms with Crippen LogP contribution in [-0.2, 0) is 6.54 Å². The van der Waals surface area contributed by atoms with Crippen LogP contribution in [0.15, 0.2) is 9.90 Å². The summed E-state index contributed by atoms with van der Waals surface area (Å²) in [6.45, 7) is 2.70. The molecule has 0 bridgehead atoms. The standard InChI is InChI=1S/C13H18N4OS/c1-2-8-3-4-9(5-8)12-16-13(18-17-12)10-7-19-11(6-14)15-10/h7-9H,2-6,14H2,1H3. The second-order valence-electron chi connectivity index (χ2n) is 5.07. The Morgan fingerprint density at radius 3 is 3.00 bits per heavy atom. The average Bonchev–Trinajstić information content (AvgIpc) is 3.16. The minimum atomic E-state index is 0.451. The lowest BCUT2D eigenvalue weighted by Crippen LogP contribution is -1.97. The van der Waals surface area contributed by atoms with E-state index >= 15 is 0 Å². The second kappa shape index (κ2) is 5.38. The summed E-state index contributed by atoms with van der Waals surface area (Å²) in [4.78, 5) is 8.87. The number of hydrogen-bond acceptors (Lipinski definition) is 6. The summed E-state index contributed by atoms with van der Waals surface area (Å²) in [5, 5.41) is 6.94. The van der Waals surface area contributed by atoms with Crippen molar-refractivity contribution in [1.29, 1.82) is 0 Å². The summed E-state index contributed by atoms with van der Waals surface area (Å²) in [6, 6.07) is 0. The highest BCUT2D eigenvalue weighted by Gasteiger charge is 2.28. The van der Waals surface area contributed by atoms with E-state index < -0.39 is 0 Å². The molecule has 0 aromatic carbocycles. The largest absolute Gasteiger partial charge is 0.332 e. The number of nitrogens with zero attached hydrogens (tertiary/aromatic N) is 3. The third-order valence-corrected chi connectivity index (χ3v) is 4.74. The van der Waals surface area contributed by atoms with E-state index in [0.717, 1.165) is 22.4 Å². The molecule has 19 heavy (non-hydrogen) atoms. The van der Waals surface area contributed by atoms with Crippen molar-refractivity contribution in [2.45, 2.75) is 45.1 Å². The zero-order valence-corrected chi connectivity index (χ0v) is 11.8. The van der Waals surface area contributed by atoms with Gasteiger partial charge in [-0.25, -0.2) is 4.98 Å². The van der Waals surface area contributed by atoms with Gasteiger partial charge in [0.15, 0.2) is 5.82 Å². The van der Waals surface area contributed by atoms with Crippen LogP contribution in [0.5, 0.6) is 0 Å². The number of hydrogen-bond donors (Lipinski definition) is 1. The van der Waals surface area contributed by atoms with Gasteiger partial charge in [0.1, 0.15) is 10.7 Å². The van der Waals surface area contributed by atoms with Crippen LogP contribution in [0.4, 0.5) is 0 Å². The lowest BCUT2D eigenvalue weighted by molar-refractivity contribution is 0.413. The molecule has 1 aliphatic carbocycles. The van der Waals surface area contributed by atoms with Gasteiger partial charge in [-0.05, 0) is 25.2 Å². The molecule has 0 aliphatic heterocycles. The topological polar surface area (TPSA) is 77.8 Å². The molecule has 3 rings (SSSR count). The molecule has 2 aromatic rings. The van der Waals surface area contributed by atoms with Crippen molar-refractivity contribution >= 4 is 11.3 Å². The van der Waals surface area contributed by atoms with E-state index in [0.29, 0.717) is 18.4 Å². The molecule has 0 saturated heterocycles. The maximum absolute atomic E-state index is 5.56. The van der Waals surface area contributed by atoms with E-state index in [-0.39, 0.29) is 0 Å². The Balaban J connectivity index is 1.76. The third-order valence-electron chi connectivity index (χ3n) is 3.87. The molecule has 1 aliphatic rings. The van der Waals surface area contributed by atoms with E-state index in [1.165, 1.54) is 37.0 Å². The zero-order valence-electron chi connectivity index (χ0n) is 11.0. The van der Waals surface area contributed by atoms with Crippen LogP contribution in [0.1, 0.15) is 49.4 Å². The van der Waals surface area contributed by atoms with Gasteiger partial charge >= 0.3 is 0 Å². The minimum absolute atomic E-state index is 0.451. The molecule has 2 heterocycles. The van der Waals surface area contributed by atoms with Crippen molar-refractivity contribution in [3.8, 4) is 11.6 Å². The Labute approximate surface area is 116 Å². The Morgan fingerprint density at radius 1 is 1.42 bits per heavy atom. The summed E-state index contributed by atoms with van der Waals surface area (Å²) >= 11 is 1.53. The second-order valence-corrected chi connectivity index (χ2v) is 6.02. The molecule has 0 spiro atoms. The predicted octanol–water partition coefficient (Wildman–Crippen LogP) is 2.95. The van der Waals surface area contributed by atoms with E-state index in [2.05, 4.69) is 22.0 Å². The Morgan fingerprint density at radius 2 is 2.32 bits per heavy atom. The summed E-state index contributed by atoms with van der Waals surface area (Å²) in [5.74, 6) is 2.63. The van der Waals surface area contributed by atoms with Crippen LogP contribution < -0.4 is 5.73 Å². The summed E-state index contributed by atoms with van der Waals surface area (Å²) in [5.41, 5.74) is 6.30. The highest BCUT2D eigenvalue weighted by atomic mass is 32.1. The highest BCUT2D eigenvalue weighted by Crippen LogP contribution is 2.38. The van der Waals surface area contributed by atoms with E-state index in [1.807, 2.05) is 5.38 Å². The summed E-state index contributed by atoms with van der Waals surface area (Å²) in [6.07, 6.45) is 4.87. The number of rotatable bonds is 4. The Kier molecular flexibility index (Phi) is 3.61. The van der Waals surface area contributed by atoms with Crippen molar-refractivity contribution in [3.05, 3.63) is 16.2 Å². The Hall–Kier alpha value is -1.27. The van der Waals surface area contributed by atoms with Gasteiger partial charge < -0.3 is 10.3 Å². The lowest BCUT2D eigenvalue weighted by atomic mass is 10.0. The van der Waals surface area contributed by atoms with Crippen LogP contribution in [0.25, 0.3) is 11.6 Å². The van der Waals surface area contributed by atoms with E-state index in [4.69, 9.17) is 10.3 Å². The molecule has 0 amide bonds. The first-order valence-electron chi connectivity index (χ1n) is 6.78. The van der Waals surface area contributed by atoms with Crippen LogP contribution in [0, 0.1) is 5.92 Å². The highest BCUT2D eigenvalue weighted by molar-refractivity contribution is 7.09. The summed E-state index contributed by atoms with van der Waals surface area (Å²) in [7, 11) is 0. The van der Waals surface area contributed by atoms with Crippen LogP contribution in [0.3, 0.4) is 0 Å². The molecule has 1 fully saturated rings. The number of aromatic nitrogens is 3. The maximum Gasteiger partial charge on any atom is 0.277 e. The third kappa shape index (κ3) is 2.55. The molecule has 2 atom stereocenters. The quantitative estimate of drug-likeness (QED) is 0.930. The molecule has 5 nitrogen and oxygen atoms in total. The van der Waals surface area contributed by atoms with Crippen molar-refractivity contribution in [2.24, 2.45) is 11.7 Å². The van der Waals surface area contributed by atoms with Crippen LogP contribution >= 0.6 is 11.3 Å². The average molecular weight is 278 g/mol. The minimum Gasteiger partial charge on any atom is -0.332 e. The lowest BCUT2D eigenvalue weighted by Gasteiger charge is -2.04. The molecule has 1 saturated carbocycles. The van der Waals surface area contributed by atoms with Crippen LogP contribution in [-0.4, -0.2) is 15.1 Å². The maximum atomic E-state index is 5.56. The molecule has 2 aromatic heterocycles. The van der Waals surface area contributed by atoms with Gasteiger partial charge in [0.25, 0.3) is 5.89 Å². The van der Waals surface area contributed by atoms with Gasteiger partial charge in [-0.3, -0.25) is 0 Å². The van der Waals surface area contributed by atoms with Gasteiger partial charge in [0, 0.05) is 17.8 Å². The summed E-state index contributed by atoms with van der Waals surface area (Å²) < 4.78 is 5.33. The fourth-order valence-electron chi connectivity index (χ4n) is 2.69. The smallest absolute Gasteiger partial charge is 0.277 e. The van der Waals surface area contributed by atoms with Gasteiger partial charge in [-0.2, -0.15) is 4.98 Å². The fourth-order valence-corrected chi connectivity index (χ4v) is 3.34. The SMILES string of the molecule is CCC1CCC(c2noc(-c3csc(CN)n3)n2)C1. The first kappa shape index (κ1) is 12.7. The number of thiazole rings is 1. The van der Waals surface area contributed by atoms with Crippen molar-refractivity contribution < 1.29 is 4.52 Å². The van der Waals surface area contributed by atoms with Crippen molar-refractivity contribution in [1.82, 2.24) is 15.1 Å². The zero-order chi connectivity index (χ0) is 13.2. The molecule has 6 heteroatoms. The first-order chi connectivity index (χ1) is 9.30. The number of nitrogens with two attached hydrogens (primary N) is 1. The normalized spacial score (nSPS) is 23.1. The predicted molar refractivity (Wildman–Crippen MR) is 73.7 cm³/mol. The molecule has 2 N–H and O–H groups in total. The molecular formula is C13H18N4OS. The van der Waals surface area contributed by atoms with Crippen LogP contribution in [0.2, 0.25) is 0 Å². The fraction of sp³-hybridized carbons (Fsp3) is 0.615. The molecule has 102 valence electrons. The van der Waals surface area contributed by atoms with Gasteiger partial charge in [0.2, 0.25) is 0 Å². The molecular weight excluding hydrogens is 260 g/mol. The monoisotopic (exact) mass is 278 g/mol. The van der Waals surface area contributed by atoms with E-state index in [1.54, 1.807) is 0 Å². The van der Waals surface area contributed by atoms with E-state index in [9.17, 15) is 0 Å². The van der Waals surface area contributed by atoms with Gasteiger partial charge in [0.05, 0.1) is 0 Å². The van der Waals surface area contributed by atoms with Crippen molar-refractivity contribution in [2.75, 3.05) is 0 Å². The van der Waals surface area contributed by atoms with Gasteiger partial charge in [-0.1, -0.05) is 18.5 Å². The van der Waals surface area contributed by atoms with Gasteiger partial charge in [-0.15, -0.1) is 11.3 Å². The first-order valence-corrected chi connectivity index (χ1v) is 7.66. The van der Waals surface area contributed by atoms with Crippen molar-refractivity contribution in [3.63, 3.8) is 0 Å². The molecule has 2 unspecified atom stereocenters. The Bertz CT molecular complexity index is 550. The molecule has 0 radical (unpaired) electrons.